The largest absolute Gasteiger partial charge is 0.463 e. The fourth-order valence-electron chi connectivity index (χ4n) is 6.30. The highest BCUT2D eigenvalue weighted by Crippen LogP contribution is 2.17. The Bertz CT molecular complexity index is 651. The Balaban J connectivity index is 3.37. The van der Waals surface area contributed by atoms with Gasteiger partial charge in [-0.2, -0.15) is 0 Å². The summed E-state index contributed by atoms with van der Waals surface area (Å²) in [5.41, 5.74) is 0. The maximum absolute atomic E-state index is 12.0. The molecule has 0 heterocycles. The highest BCUT2D eigenvalue weighted by atomic mass is 16.6. The average Bonchev–Trinajstić information content (AvgIpc) is 3.07. The van der Waals surface area contributed by atoms with Crippen molar-refractivity contribution in [2.45, 2.75) is 239 Å². The molecule has 0 aromatic carbocycles. The predicted octanol–water partition coefficient (Wildman–Crippen LogP) is 13.0. The normalized spacial score (nSPS) is 12.7. The third kappa shape index (κ3) is 37.6. The molecule has 0 aliphatic heterocycles. The minimum atomic E-state index is -0.955. The van der Waals surface area contributed by atoms with Crippen molar-refractivity contribution in [1.29, 1.82) is 0 Å². The lowest BCUT2D eigenvalue weighted by atomic mass is 9.99. The van der Waals surface area contributed by atoms with Crippen LogP contribution in [0.25, 0.3) is 0 Å². The zero-order valence-corrected chi connectivity index (χ0v) is 32.0. The van der Waals surface area contributed by atoms with Crippen LogP contribution in [0.15, 0.2) is 0 Å². The van der Waals surface area contributed by atoms with Gasteiger partial charge in [-0.3, -0.25) is 9.59 Å². The number of aliphatic hydroxyl groups excluding tert-OH is 1. The van der Waals surface area contributed by atoms with Crippen LogP contribution in [-0.4, -0.2) is 36.4 Å². The van der Waals surface area contributed by atoms with Gasteiger partial charge in [-0.15, -0.1) is 0 Å². The van der Waals surface area contributed by atoms with Gasteiger partial charge in [0.05, 0.1) is 0 Å². The lowest BCUT2D eigenvalue weighted by Gasteiger charge is -2.12. The first-order chi connectivity index (χ1) is 23.0. The van der Waals surface area contributed by atoms with Crippen molar-refractivity contribution in [3.05, 3.63) is 0 Å². The summed E-state index contributed by atoms with van der Waals surface area (Å²) in [6, 6.07) is 0. The van der Waals surface area contributed by atoms with E-state index in [2.05, 4.69) is 20.8 Å². The fourth-order valence-corrected chi connectivity index (χ4v) is 6.30. The van der Waals surface area contributed by atoms with Crippen LogP contribution in [0.1, 0.15) is 233 Å². The molecule has 2 atom stereocenters. The Hall–Kier alpha value is -1.10. The fraction of sp³-hybridized carbons (Fsp3) is 0.952. The second-order valence-corrected chi connectivity index (χ2v) is 14.7. The molecule has 0 rings (SSSR count). The van der Waals surface area contributed by atoms with Crippen LogP contribution in [-0.2, 0) is 19.1 Å². The standard InChI is InChI=1S/C42H82O5/c1-4-6-7-8-9-10-11-12-13-17-20-23-26-29-32-35-41(44)46-37-40(43)38-47-42(45)36-33-30-27-24-21-18-15-14-16-19-22-25-28-31-34-39(3)5-2/h39-40,43H,4-38H2,1-3H3/t39?,40-/m1/s1. The summed E-state index contributed by atoms with van der Waals surface area (Å²) in [5, 5.41) is 10.0. The van der Waals surface area contributed by atoms with Crippen molar-refractivity contribution >= 4 is 11.9 Å². The predicted molar refractivity (Wildman–Crippen MR) is 201 cm³/mol. The maximum atomic E-state index is 12.0. The van der Waals surface area contributed by atoms with Crippen LogP contribution in [0.2, 0.25) is 0 Å². The Morgan fingerprint density at radius 1 is 0.447 bits per heavy atom. The lowest BCUT2D eigenvalue weighted by Crippen LogP contribution is -2.25. The first kappa shape index (κ1) is 45.9. The second kappa shape index (κ2) is 37.7. The van der Waals surface area contributed by atoms with E-state index in [1.165, 1.54) is 173 Å². The molecule has 1 N–H and O–H groups in total. The van der Waals surface area contributed by atoms with E-state index in [4.69, 9.17) is 9.47 Å². The van der Waals surface area contributed by atoms with Gasteiger partial charge in [-0.25, -0.2) is 0 Å². The summed E-state index contributed by atoms with van der Waals surface area (Å²) >= 11 is 0. The van der Waals surface area contributed by atoms with E-state index in [1.54, 1.807) is 0 Å². The maximum Gasteiger partial charge on any atom is 0.305 e. The molecule has 0 fully saturated rings. The van der Waals surface area contributed by atoms with Crippen LogP contribution < -0.4 is 0 Å². The van der Waals surface area contributed by atoms with E-state index in [-0.39, 0.29) is 25.2 Å². The summed E-state index contributed by atoms with van der Waals surface area (Å²) in [7, 11) is 0. The van der Waals surface area contributed by atoms with E-state index < -0.39 is 6.10 Å². The van der Waals surface area contributed by atoms with Crippen molar-refractivity contribution in [3.63, 3.8) is 0 Å². The number of ether oxygens (including phenoxy) is 2. The van der Waals surface area contributed by atoms with Gasteiger partial charge in [0.2, 0.25) is 0 Å². The number of unbranched alkanes of at least 4 members (excludes halogenated alkanes) is 27. The highest BCUT2D eigenvalue weighted by Gasteiger charge is 2.12. The number of hydrogen-bond donors (Lipinski definition) is 1. The van der Waals surface area contributed by atoms with Gasteiger partial charge >= 0.3 is 11.9 Å². The van der Waals surface area contributed by atoms with Gasteiger partial charge in [0, 0.05) is 12.8 Å². The molecule has 1 unspecified atom stereocenters. The summed E-state index contributed by atoms with van der Waals surface area (Å²) in [5.74, 6) is 0.354. The monoisotopic (exact) mass is 667 g/mol. The second-order valence-electron chi connectivity index (χ2n) is 14.7. The molecule has 0 radical (unpaired) electrons. The minimum absolute atomic E-state index is 0.108. The van der Waals surface area contributed by atoms with E-state index in [0.717, 1.165) is 31.6 Å². The number of carbonyl (C=O) groups is 2. The van der Waals surface area contributed by atoms with Crippen molar-refractivity contribution in [3.8, 4) is 0 Å². The van der Waals surface area contributed by atoms with Gasteiger partial charge in [0.1, 0.15) is 19.3 Å². The zero-order chi connectivity index (χ0) is 34.5. The molecule has 0 aromatic rings. The summed E-state index contributed by atoms with van der Waals surface area (Å²) in [4.78, 5) is 24.0. The molecule has 0 spiro atoms. The molecule has 5 nitrogen and oxygen atoms in total. The number of aliphatic hydroxyl groups is 1. The van der Waals surface area contributed by atoms with Crippen molar-refractivity contribution < 1.29 is 24.2 Å². The molecule has 0 saturated carbocycles. The smallest absolute Gasteiger partial charge is 0.305 e. The van der Waals surface area contributed by atoms with Crippen LogP contribution in [0, 0.1) is 5.92 Å². The number of rotatable bonds is 38. The van der Waals surface area contributed by atoms with Crippen LogP contribution >= 0.6 is 0 Å². The third-order valence-electron chi connectivity index (χ3n) is 9.88. The summed E-state index contributed by atoms with van der Waals surface area (Å²) in [6.07, 6.45) is 40.1. The molecule has 0 saturated heterocycles. The Kier molecular flexibility index (Phi) is 36.8. The van der Waals surface area contributed by atoms with Crippen molar-refractivity contribution in [1.82, 2.24) is 0 Å². The van der Waals surface area contributed by atoms with Gasteiger partial charge < -0.3 is 14.6 Å². The minimum Gasteiger partial charge on any atom is -0.463 e. The van der Waals surface area contributed by atoms with Gasteiger partial charge in [-0.1, -0.05) is 207 Å². The van der Waals surface area contributed by atoms with E-state index in [1.807, 2.05) is 0 Å². The molecular weight excluding hydrogens is 584 g/mol. The molecule has 280 valence electrons. The van der Waals surface area contributed by atoms with E-state index in [0.29, 0.717) is 12.8 Å². The molecule has 0 bridgehead atoms. The first-order valence-corrected chi connectivity index (χ1v) is 21.0. The van der Waals surface area contributed by atoms with Crippen LogP contribution in [0.4, 0.5) is 0 Å². The quantitative estimate of drug-likeness (QED) is 0.0524. The number of esters is 2. The molecule has 0 amide bonds. The van der Waals surface area contributed by atoms with Crippen molar-refractivity contribution in [2.24, 2.45) is 5.92 Å². The van der Waals surface area contributed by atoms with Crippen molar-refractivity contribution in [2.75, 3.05) is 13.2 Å². The first-order valence-electron chi connectivity index (χ1n) is 21.0. The lowest BCUT2D eigenvalue weighted by molar-refractivity contribution is -0.152. The van der Waals surface area contributed by atoms with Gasteiger partial charge in [0.25, 0.3) is 0 Å². The average molecular weight is 667 g/mol. The Morgan fingerprint density at radius 3 is 1.02 bits per heavy atom. The topological polar surface area (TPSA) is 72.8 Å². The van der Waals surface area contributed by atoms with E-state index in [9.17, 15) is 14.7 Å². The van der Waals surface area contributed by atoms with Crippen LogP contribution in [0.3, 0.4) is 0 Å². The zero-order valence-electron chi connectivity index (χ0n) is 32.0. The molecule has 0 aromatic heterocycles. The van der Waals surface area contributed by atoms with Gasteiger partial charge in [-0.05, 0) is 18.8 Å². The third-order valence-corrected chi connectivity index (χ3v) is 9.88. The van der Waals surface area contributed by atoms with Crippen LogP contribution in [0.5, 0.6) is 0 Å². The molecule has 47 heavy (non-hydrogen) atoms. The number of carbonyl (C=O) groups excluding carboxylic acids is 2. The Morgan fingerprint density at radius 2 is 0.723 bits per heavy atom. The van der Waals surface area contributed by atoms with E-state index >= 15 is 0 Å². The Labute approximate surface area is 293 Å². The molecule has 0 aliphatic rings. The summed E-state index contributed by atoms with van der Waals surface area (Å²) in [6.45, 7) is 6.72. The summed E-state index contributed by atoms with van der Waals surface area (Å²) < 4.78 is 10.4. The molecular formula is C42H82O5. The SMILES string of the molecule is CCCCCCCCCCCCCCCCCC(=O)OC[C@@H](O)COC(=O)CCCCCCCCCCCCCCCCC(C)CC. The molecule has 0 aliphatic carbocycles. The number of hydrogen-bond acceptors (Lipinski definition) is 5. The molecule has 5 heteroatoms. The highest BCUT2D eigenvalue weighted by molar-refractivity contribution is 5.69. The van der Waals surface area contributed by atoms with Gasteiger partial charge in [0.15, 0.2) is 0 Å².